The van der Waals surface area contributed by atoms with Crippen LogP contribution in [0, 0.1) is 0 Å². The molecular formula is C18H14N4OS. The highest BCUT2D eigenvalue weighted by molar-refractivity contribution is 7.21. The van der Waals surface area contributed by atoms with E-state index in [-0.39, 0.29) is 0 Å². The summed E-state index contributed by atoms with van der Waals surface area (Å²) in [5.74, 6) is 1.77. The molecule has 4 aromatic rings. The van der Waals surface area contributed by atoms with Crippen LogP contribution in [0.3, 0.4) is 0 Å². The van der Waals surface area contributed by atoms with Crippen LogP contribution in [-0.2, 0) is 0 Å². The molecule has 2 heterocycles. The molecule has 24 heavy (non-hydrogen) atoms. The summed E-state index contributed by atoms with van der Waals surface area (Å²) in [6.45, 7) is 0. The molecule has 0 aliphatic rings. The predicted molar refractivity (Wildman–Crippen MR) is 97.0 cm³/mol. The zero-order valence-corrected chi connectivity index (χ0v) is 13.7. The zero-order chi connectivity index (χ0) is 16.5. The summed E-state index contributed by atoms with van der Waals surface area (Å²) < 4.78 is 5.18. The van der Waals surface area contributed by atoms with Gasteiger partial charge < -0.3 is 10.5 Å². The largest absolute Gasteiger partial charge is 0.497 e. The lowest BCUT2D eigenvalue weighted by Gasteiger charge is -2.03. The number of benzene rings is 2. The van der Waals surface area contributed by atoms with Gasteiger partial charge in [0, 0.05) is 11.1 Å². The third kappa shape index (κ3) is 2.57. The molecule has 0 radical (unpaired) electrons. The van der Waals surface area contributed by atoms with Gasteiger partial charge in [0.05, 0.1) is 7.11 Å². The first-order valence-corrected chi connectivity index (χ1v) is 8.20. The normalized spacial score (nSPS) is 10.9. The number of nitrogens with zero attached hydrogens (tertiary/aromatic N) is 3. The van der Waals surface area contributed by atoms with Crippen LogP contribution < -0.4 is 10.5 Å². The van der Waals surface area contributed by atoms with Gasteiger partial charge in [-0.25, -0.2) is 15.0 Å². The highest BCUT2D eigenvalue weighted by Gasteiger charge is 2.13. The Kier molecular flexibility index (Phi) is 3.59. The first-order chi connectivity index (χ1) is 11.7. The van der Waals surface area contributed by atoms with Crippen molar-refractivity contribution >= 4 is 27.5 Å². The van der Waals surface area contributed by atoms with Crippen LogP contribution in [0.15, 0.2) is 54.6 Å². The Morgan fingerprint density at radius 2 is 1.62 bits per heavy atom. The fourth-order valence-corrected chi connectivity index (χ4v) is 3.37. The molecule has 0 amide bonds. The van der Waals surface area contributed by atoms with Gasteiger partial charge in [-0.05, 0) is 24.3 Å². The summed E-state index contributed by atoms with van der Waals surface area (Å²) in [4.78, 5) is 14.4. The number of nitrogens with two attached hydrogens (primary N) is 1. The summed E-state index contributed by atoms with van der Waals surface area (Å²) >= 11 is 1.51. The average molecular weight is 334 g/mol. The van der Waals surface area contributed by atoms with Crippen LogP contribution in [0.5, 0.6) is 5.75 Å². The molecule has 0 aliphatic heterocycles. The maximum absolute atomic E-state index is 6.11. The summed E-state index contributed by atoms with van der Waals surface area (Å²) in [6.07, 6.45) is 0. The number of hydrogen-bond acceptors (Lipinski definition) is 6. The van der Waals surface area contributed by atoms with Crippen LogP contribution in [0.2, 0.25) is 0 Å². The molecule has 4 rings (SSSR count). The lowest BCUT2D eigenvalue weighted by atomic mass is 10.2. The van der Waals surface area contributed by atoms with E-state index < -0.39 is 0 Å². The van der Waals surface area contributed by atoms with Crippen molar-refractivity contribution in [3.63, 3.8) is 0 Å². The van der Waals surface area contributed by atoms with Crippen molar-refractivity contribution in [1.82, 2.24) is 15.0 Å². The van der Waals surface area contributed by atoms with E-state index in [1.807, 2.05) is 54.6 Å². The molecule has 6 heteroatoms. The minimum absolute atomic E-state index is 0.393. The number of thiazole rings is 1. The molecule has 0 saturated heterocycles. The lowest BCUT2D eigenvalue weighted by Crippen LogP contribution is -1.97. The minimum atomic E-state index is 0.393. The first-order valence-electron chi connectivity index (χ1n) is 7.38. The highest BCUT2D eigenvalue weighted by Crippen LogP contribution is 2.32. The molecule has 0 spiro atoms. The average Bonchev–Trinajstić information content (AvgIpc) is 3.07. The molecule has 118 valence electrons. The SMILES string of the molecule is COc1ccc(-c2nc(N)c3nc(-c4ccccc4)sc3n2)cc1. The van der Waals surface area contributed by atoms with E-state index in [2.05, 4.69) is 15.0 Å². The number of anilines is 1. The summed E-state index contributed by atoms with van der Waals surface area (Å²) in [6, 6.07) is 17.6. The van der Waals surface area contributed by atoms with Gasteiger partial charge in [0.2, 0.25) is 0 Å². The van der Waals surface area contributed by atoms with E-state index in [1.54, 1.807) is 7.11 Å². The van der Waals surface area contributed by atoms with Gasteiger partial charge in [0.15, 0.2) is 11.6 Å². The van der Waals surface area contributed by atoms with Crippen molar-refractivity contribution < 1.29 is 4.74 Å². The van der Waals surface area contributed by atoms with Gasteiger partial charge in [-0.1, -0.05) is 41.7 Å². The molecule has 0 bridgehead atoms. The summed E-state index contributed by atoms with van der Waals surface area (Å²) in [5, 5.41) is 0.887. The van der Waals surface area contributed by atoms with Gasteiger partial charge in [-0.3, -0.25) is 0 Å². The van der Waals surface area contributed by atoms with Crippen molar-refractivity contribution in [3.8, 4) is 27.7 Å². The van der Waals surface area contributed by atoms with Gasteiger partial charge in [-0.2, -0.15) is 0 Å². The quantitative estimate of drug-likeness (QED) is 0.613. The van der Waals surface area contributed by atoms with Gasteiger partial charge in [0.1, 0.15) is 21.1 Å². The number of nitrogen functional groups attached to an aromatic ring is 1. The van der Waals surface area contributed by atoms with Crippen molar-refractivity contribution in [2.45, 2.75) is 0 Å². The van der Waals surface area contributed by atoms with E-state index in [9.17, 15) is 0 Å². The maximum atomic E-state index is 6.11. The Morgan fingerprint density at radius 3 is 2.33 bits per heavy atom. The first kappa shape index (κ1) is 14.6. The second kappa shape index (κ2) is 5.90. The molecule has 0 saturated carbocycles. The number of fused-ring (bicyclic) bond motifs is 1. The van der Waals surface area contributed by atoms with E-state index in [0.29, 0.717) is 17.2 Å². The molecule has 2 aromatic carbocycles. The van der Waals surface area contributed by atoms with Gasteiger partial charge in [0.25, 0.3) is 0 Å². The number of ether oxygens (including phenoxy) is 1. The van der Waals surface area contributed by atoms with Crippen molar-refractivity contribution in [2.75, 3.05) is 12.8 Å². The lowest BCUT2D eigenvalue weighted by molar-refractivity contribution is 0.415. The van der Waals surface area contributed by atoms with Crippen LogP contribution in [-0.4, -0.2) is 22.1 Å². The molecule has 2 N–H and O–H groups in total. The monoisotopic (exact) mass is 334 g/mol. The zero-order valence-electron chi connectivity index (χ0n) is 12.9. The third-order valence-corrected chi connectivity index (χ3v) is 4.65. The minimum Gasteiger partial charge on any atom is -0.497 e. The molecule has 5 nitrogen and oxygen atoms in total. The van der Waals surface area contributed by atoms with Gasteiger partial charge in [-0.15, -0.1) is 0 Å². The maximum Gasteiger partial charge on any atom is 0.163 e. The predicted octanol–water partition coefficient (Wildman–Crippen LogP) is 4.01. The highest BCUT2D eigenvalue weighted by atomic mass is 32.1. The van der Waals surface area contributed by atoms with E-state index in [0.717, 1.165) is 26.7 Å². The molecular weight excluding hydrogens is 320 g/mol. The fourth-order valence-electron chi connectivity index (χ4n) is 2.42. The number of hydrogen-bond donors (Lipinski definition) is 1. The molecule has 2 aromatic heterocycles. The Morgan fingerprint density at radius 1 is 0.875 bits per heavy atom. The van der Waals surface area contributed by atoms with Crippen LogP contribution in [0.4, 0.5) is 5.82 Å². The van der Waals surface area contributed by atoms with Crippen molar-refractivity contribution in [1.29, 1.82) is 0 Å². The van der Waals surface area contributed by atoms with Crippen molar-refractivity contribution in [3.05, 3.63) is 54.6 Å². The van der Waals surface area contributed by atoms with Gasteiger partial charge >= 0.3 is 0 Å². The number of methoxy groups -OCH3 is 1. The number of rotatable bonds is 3. The topological polar surface area (TPSA) is 73.9 Å². The van der Waals surface area contributed by atoms with E-state index in [4.69, 9.17) is 10.5 Å². The van der Waals surface area contributed by atoms with Crippen LogP contribution >= 0.6 is 11.3 Å². The Bertz CT molecular complexity index is 997. The van der Waals surface area contributed by atoms with E-state index >= 15 is 0 Å². The fraction of sp³-hybridized carbons (Fsp3) is 0.0556. The Hall–Kier alpha value is -2.99. The third-order valence-electron chi connectivity index (χ3n) is 3.65. The summed E-state index contributed by atoms with van der Waals surface area (Å²) in [5.41, 5.74) is 8.69. The van der Waals surface area contributed by atoms with Crippen LogP contribution in [0.1, 0.15) is 0 Å². The Labute approximate surface area is 142 Å². The molecule has 0 atom stereocenters. The molecule has 0 aliphatic carbocycles. The van der Waals surface area contributed by atoms with E-state index in [1.165, 1.54) is 11.3 Å². The van der Waals surface area contributed by atoms with Crippen LogP contribution in [0.25, 0.3) is 32.3 Å². The smallest absolute Gasteiger partial charge is 0.163 e. The second-order valence-corrected chi connectivity index (χ2v) is 6.18. The molecule has 0 unspecified atom stereocenters. The Balaban J connectivity index is 1.81. The second-order valence-electron chi connectivity index (χ2n) is 5.20. The standard InChI is InChI=1S/C18H14N4OS/c1-23-13-9-7-11(8-10-13)16-21-15(19)14-18(22-16)24-17(20-14)12-5-3-2-4-6-12/h2-10H,1H3,(H2,19,21,22). The molecule has 0 fully saturated rings. The number of aromatic nitrogens is 3. The van der Waals surface area contributed by atoms with Crippen molar-refractivity contribution in [2.24, 2.45) is 0 Å². The summed E-state index contributed by atoms with van der Waals surface area (Å²) in [7, 11) is 1.64.